The summed E-state index contributed by atoms with van der Waals surface area (Å²) in [5.74, 6) is -0.386. The highest BCUT2D eigenvalue weighted by Gasteiger charge is 2.33. The molecule has 98 valence electrons. The minimum atomic E-state index is -0.301. The third-order valence-electron chi connectivity index (χ3n) is 3.13. The molecule has 2 N–H and O–H groups in total. The van der Waals surface area contributed by atoms with E-state index in [4.69, 9.17) is 4.74 Å². The molecule has 1 fully saturated rings. The van der Waals surface area contributed by atoms with Crippen molar-refractivity contribution in [3.8, 4) is 5.75 Å². The van der Waals surface area contributed by atoms with Crippen LogP contribution in [-0.4, -0.2) is 40.1 Å². The smallest absolute Gasteiger partial charge is 0.255 e. The molecule has 0 saturated carbocycles. The standard InChI is InChI=1S/C12H15BrN2O3/c13-8-12(2-5-18-6-3-12)15-11(17)9-1-4-14-7-10(9)16/h1,4,7,16H,2-3,5-6,8H2,(H,15,17). The Hall–Kier alpha value is -1.14. The van der Waals surface area contributed by atoms with Gasteiger partial charge in [0.25, 0.3) is 5.91 Å². The minimum Gasteiger partial charge on any atom is -0.505 e. The van der Waals surface area contributed by atoms with Crippen molar-refractivity contribution in [2.24, 2.45) is 0 Å². The largest absolute Gasteiger partial charge is 0.505 e. The lowest BCUT2D eigenvalue weighted by Gasteiger charge is -2.36. The van der Waals surface area contributed by atoms with Crippen LogP contribution in [0.3, 0.4) is 0 Å². The van der Waals surface area contributed by atoms with E-state index in [9.17, 15) is 9.90 Å². The topological polar surface area (TPSA) is 71.5 Å². The molecule has 0 atom stereocenters. The number of pyridine rings is 1. The van der Waals surface area contributed by atoms with Crippen LogP contribution < -0.4 is 5.32 Å². The Labute approximate surface area is 114 Å². The van der Waals surface area contributed by atoms with Crippen LogP contribution in [0.2, 0.25) is 0 Å². The molecule has 2 rings (SSSR count). The number of rotatable bonds is 3. The van der Waals surface area contributed by atoms with Gasteiger partial charge in [-0.1, -0.05) is 15.9 Å². The number of nitrogens with one attached hydrogen (secondary N) is 1. The van der Waals surface area contributed by atoms with Crippen LogP contribution in [0.5, 0.6) is 5.75 Å². The Balaban J connectivity index is 2.13. The molecule has 0 spiro atoms. The van der Waals surface area contributed by atoms with E-state index in [1.165, 1.54) is 18.5 Å². The fourth-order valence-electron chi connectivity index (χ4n) is 1.94. The molecule has 0 aromatic carbocycles. The Morgan fingerprint density at radius 3 is 2.89 bits per heavy atom. The molecule has 1 aromatic rings. The molecule has 1 aromatic heterocycles. The van der Waals surface area contributed by atoms with Crippen molar-refractivity contribution in [1.82, 2.24) is 10.3 Å². The third kappa shape index (κ3) is 2.81. The van der Waals surface area contributed by atoms with Crippen LogP contribution in [0.15, 0.2) is 18.5 Å². The van der Waals surface area contributed by atoms with Crippen molar-refractivity contribution < 1.29 is 14.6 Å². The van der Waals surface area contributed by atoms with Gasteiger partial charge in [0.05, 0.1) is 17.3 Å². The molecular formula is C12H15BrN2O3. The van der Waals surface area contributed by atoms with Crippen LogP contribution in [0.25, 0.3) is 0 Å². The Bertz CT molecular complexity index is 433. The summed E-state index contributed by atoms with van der Waals surface area (Å²) < 4.78 is 5.31. The number of alkyl halides is 1. The quantitative estimate of drug-likeness (QED) is 0.829. The lowest BCUT2D eigenvalue weighted by Crippen LogP contribution is -2.53. The monoisotopic (exact) mass is 314 g/mol. The molecule has 6 heteroatoms. The van der Waals surface area contributed by atoms with Crippen molar-refractivity contribution in [2.45, 2.75) is 18.4 Å². The number of amides is 1. The SMILES string of the molecule is O=C(NC1(CBr)CCOCC1)c1ccncc1O. The van der Waals surface area contributed by atoms with Gasteiger partial charge in [0.2, 0.25) is 0 Å². The average Bonchev–Trinajstić information content (AvgIpc) is 2.40. The fraction of sp³-hybridized carbons (Fsp3) is 0.500. The maximum Gasteiger partial charge on any atom is 0.255 e. The minimum absolute atomic E-state index is 0.105. The zero-order valence-corrected chi connectivity index (χ0v) is 11.4. The highest BCUT2D eigenvalue weighted by molar-refractivity contribution is 9.09. The van der Waals surface area contributed by atoms with Crippen molar-refractivity contribution in [3.63, 3.8) is 0 Å². The van der Waals surface area contributed by atoms with E-state index in [2.05, 4.69) is 26.2 Å². The average molecular weight is 315 g/mol. The first-order valence-corrected chi connectivity index (χ1v) is 6.88. The molecule has 0 bridgehead atoms. The predicted octanol–water partition coefficient (Wildman–Crippen LogP) is 1.46. The second-order valence-corrected chi connectivity index (χ2v) is 4.93. The van der Waals surface area contributed by atoms with Gasteiger partial charge in [0, 0.05) is 24.7 Å². The number of carbonyl (C=O) groups is 1. The third-order valence-corrected chi connectivity index (χ3v) is 4.20. The van der Waals surface area contributed by atoms with Gasteiger partial charge >= 0.3 is 0 Å². The number of aromatic nitrogens is 1. The predicted molar refractivity (Wildman–Crippen MR) is 69.9 cm³/mol. The second-order valence-electron chi connectivity index (χ2n) is 4.37. The van der Waals surface area contributed by atoms with E-state index >= 15 is 0 Å². The zero-order chi connectivity index (χ0) is 13.0. The van der Waals surface area contributed by atoms with E-state index in [0.717, 1.165) is 12.8 Å². The van der Waals surface area contributed by atoms with Gasteiger partial charge in [0.1, 0.15) is 5.75 Å². The maximum absolute atomic E-state index is 12.1. The lowest BCUT2D eigenvalue weighted by atomic mass is 9.92. The molecule has 0 aliphatic carbocycles. The molecule has 18 heavy (non-hydrogen) atoms. The molecule has 1 aliphatic heterocycles. The molecule has 0 unspecified atom stereocenters. The maximum atomic E-state index is 12.1. The molecule has 1 saturated heterocycles. The number of carbonyl (C=O) groups excluding carboxylic acids is 1. The highest BCUT2D eigenvalue weighted by atomic mass is 79.9. The van der Waals surface area contributed by atoms with Crippen LogP contribution >= 0.6 is 15.9 Å². The Kier molecular flexibility index (Phi) is 4.19. The van der Waals surface area contributed by atoms with Gasteiger partial charge < -0.3 is 15.2 Å². The van der Waals surface area contributed by atoms with Crippen LogP contribution in [-0.2, 0) is 4.74 Å². The van der Waals surface area contributed by atoms with E-state index in [-0.39, 0.29) is 22.8 Å². The summed E-state index contributed by atoms with van der Waals surface area (Å²) in [6, 6.07) is 1.51. The van der Waals surface area contributed by atoms with Gasteiger partial charge in [-0.05, 0) is 18.9 Å². The first kappa shape index (κ1) is 13.3. The van der Waals surface area contributed by atoms with Crippen molar-refractivity contribution in [1.29, 1.82) is 0 Å². The number of halogens is 1. The van der Waals surface area contributed by atoms with E-state index < -0.39 is 0 Å². The normalized spacial score (nSPS) is 18.3. The summed E-state index contributed by atoms with van der Waals surface area (Å²) in [5, 5.41) is 13.3. The van der Waals surface area contributed by atoms with Crippen LogP contribution in [0.4, 0.5) is 0 Å². The van der Waals surface area contributed by atoms with Gasteiger partial charge in [-0.25, -0.2) is 0 Å². The van der Waals surface area contributed by atoms with Crippen LogP contribution in [0.1, 0.15) is 23.2 Å². The van der Waals surface area contributed by atoms with Crippen molar-refractivity contribution in [2.75, 3.05) is 18.5 Å². The van der Waals surface area contributed by atoms with Gasteiger partial charge in [-0.3, -0.25) is 9.78 Å². The summed E-state index contributed by atoms with van der Waals surface area (Å²) in [5.41, 5.74) is -0.0535. The molecule has 1 aliphatic rings. The highest BCUT2D eigenvalue weighted by Crippen LogP contribution is 2.24. The van der Waals surface area contributed by atoms with Gasteiger partial charge in [-0.2, -0.15) is 0 Å². The molecule has 0 radical (unpaired) electrons. The summed E-state index contributed by atoms with van der Waals surface area (Å²) >= 11 is 3.44. The first-order valence-electron chi connectivity index (χ1n) is 5.76. The molecular weight excluding hydrogens is 300 g/mol. The Morgan fingerprint density at radius 2 is 2.28 bits per heavy atom. The van der Waals surface area contributed by atoms with E-state index in [1.54, 1.807) is 0 Å². The fourth-order valence-corrected chi connectivity index (χ4v) is 2.64. The Morgan fingerprint density at radius 1 is 1.56 bits per heavy atom. The zero-order valence-electron chi connectivity index (χ0n) is 9.86. The number of aromatic hydroxyl groups is 1. The van der Waals surface area contributed by atoms with E-state index in [1.807, 2.05) is 0 Å². The van der Waals surface area contributed by atoms with Crippen LogP contribution in [0, 0.1) is 0 Å². The summed E-state index contributed by atoms with van der Waals surface area (Å²) in [6.07, 6.45) is 4.27. The first-order chi connectivity index (χ1) is 8.67. The van der Waals surface area contributed by atoms with E-state index in [0.29, 0.717) is 18.5 Å². The second kappa shape index (κ2) is 5.67. The lowest BCUT2D eigenvalue weighted by molar-refractivity contribution is 0.0441. The number of hydrogen-bond acceptors (Lipinski definition) is 4. The molecule has 5 nitrogen and oxygen atoms in total. The number of nitrogens with zero attached hydrogens (tertiary/aromatic N) is 1. The number of ether oxygens (including phenoxy) is 1. The van der Waals surface area contributed by atoms with Crippen molar-refractivity contribution in [3.05, 3.63) is 24.0 Å². The van der Waals surface area contributed by atoms with Crippen molar-refractivity contribution >= 4 is 21.8 Å². The van der Waals surface area contributed by atoms with Gasteiger partial charge in [-0.15, -0.1) is 0 Å². The summed E-state index contributed by atoms with van der Waals surface area (Å²) in [6.45, 7) is 1.27. The number of hydrogen-bond donors (Lipinski definition) is 2. The molecule has 1 amide bonds. The summed E-state index contributed by atoms with van der Waals surface area (Å²) in [4.78, 5) is 15.9. The van der Waals surface area contributed by atoms with Gasteiger partial charge in [0.15, 0.2) is 0 Å². The molecule has 2 heterocycles. The summed E-state index contributed by atoms with van der Waals surface area (Å²) in [7, 11) is 0.